The molecule has 3 aromatic rings. The zero-order valence-corrected chi connectivity index (χ0v) is 15.7. The van der Waals surface area contributed by atoms with Crippen molar-refractivity contribution in [2.45, 2.75) is 32.2 Å². The number of nitrogens with zero attached hydrogens (tertiary/aromatic N) is 2. The maximum atomic E-state index is 12.5. The molecule has 0 spiro atoms. The van der Waals surface area contributed by atoms with Crippen molar-refractivity contribution >= 4 is 16.9 Å². The van der Waals surface area contributed by atoms with Crippen LogP contribution in [0.5, 0.6) is 0 Å². The molecule has 140 valence electrons. The van der Waals surface area contributed by atoms with Crippen LogP contribution in [0.1, 0.15) is 25.6 Å². The van der Waals surface area contributed by atoms with Gasteiger partial charge >= 0.3 is 0 Å². The Kier molecular flexibility index (Phi) is 5.21. The minimum Gasteiger partial charge on any atom is -0.353 e. The van der Waals surface area contributed by atoms with E-state index < -0.39 is 0 Å². The van der Waals surface area contributed by atoms with E-state index in [4.69, 9.17) is 4.98 Å². The first-order chi connectivity index (χ1) is 13.2. The third-order valence-corrected chi connectivity index (χ3v) is 5.35. The fraction of sp³-hybridized carbons (Fsp3) is 0.364. The smallest absolute Gasteiger partial charge is 0.220 e. The number of aromatic nitrogens is 2. The molecule has 0 radical (unpaired) electrons. The lowest BCUT2D eigenvalue weighted by Gasteiger charge is -2.30. The lowest BCUT2D eigenvalue weighted by atomic mass is 9.95. The Balaban J connectivity index is 1.53. The van der Waals surface area contributed by atoms with Crippen molar-refractivity contribution in [1.29, 1.82) is 0 Å². The van der Waals surface area contributed by atoms with E-state index in [0.717, 1.165) is 42.1 Å². The number of aryl methyl sites for hydroxylation is 1. The van der Waals surface area contributed by atoms with Crippen LogP contribution < -0.4 is 10.6 Å². The number of imidazole rings is 1. The summed E-state index contributed by atoms with van der Waals surface area (Å²) < 4.78 is 2.16. The summed E-state index contributed by atoms with van der Waals surface area (Å²) in [6, 6.07) is 18.6. The minimum atomic E-state index is 0.111. The molecule has 2 atom stereocenters. The summed E-state index contributed by atoms with van der Waals surface area (Å²) in [4.78, 5) is 17.3. The van der Waals surface area contributed by atoms with Gasteiger partial charge in [-0.1, -0.05) is 37.3 Å². The Bertz CT molecular complexity index is 918. The lowest BCUT2D eigenvalue weighted by molar-refractivity contribution is -0.122. The van der Waals surface area contributed by atoms with Gasteiger partial charge in [-0.25, -0.2) is 4.98 Å². The van der Waals surface area contributed by atoms with E-state index in [9.17, 15) is 4.79 Å². The van der Waals surface area contributed by atoms with E-state index >= 15 is 0 Å². The number of amides is 1. The molecule has 5 heteroatoms. The van der Waals surface area contributed by atoms with Crippen molar-refractivity contribution in [2.24, 2.45) is 5.92 Å². The highest BCUT2D eigenvalue weighted by Crippen LogP contribution is 2.22. The molecule has 2 heterocycles. The zero-order valence-electron chi connectivity index (χ0n) is 15.7. The van der Waals surface area contributed by atoms with Crippen LogP contribution in [-0.2, 0) is 11.2 Å². The molecule has 1 saturated heterocycles. The predicted molar refractivity (Wildman–Crippen MR) is 108 cm³/mol. The average Bonchev–Trinajstić information content (AvgIpc) is 3.07. The maximum absolute atomic E-state index is 12.5. The molecule has 4 rings (SSSR count). The van der Waals surface area contributed by atoms with Gasteiger partial charge in [0.15, 0.2) is 0 Å². The van der Waals surface area contributed by atoms with E-state index in [0.29, 0.717) is 18.8 Å². The highest BCUT2D eigenvalue weighted by molar-refractivity contribution is 5.79. The van der Waals surface area contributed by atoms with Crippen molar-refractivity contribution in [2.75, 3.05) is 13.1 Å². The molecule has 0 bridgehead atoms. The third-order valence-electron chi connectivity index (χ3n) is 5.35. The zero-order chi connectivity index (χ0) is 18.6. The lowest BCUT2D eigenvalue weighted by Crippen LogP contribution is -2.48. The summed E-state index contributed by atoms with van der Waals surface area (Å²) in [5.74, 6) is 1.51. The van der Waals surface area contributed by atoms with Crippen LogP contribution in [0.25, 0.3) is 16.7 Å². The van der Waals surface area contributed by atoms with Gasteiger partial charge in [-0.3, -0.25) is 9.36 Å². The van der Waals surface area contributed by atoms with E-state index in [-0.39, 0.29) is 11.9 Å². The summed E-state index contributed by atoms with van der Waals surface area (Å²) in [7, 11) is 0. The summed E-state index contributed by atoms with van der Waals surface area (Å²) >= 11 is 0. The van der Waals surface area contributed by atoms with Gasteiger partial charge in [-0.15, -0.1) is 0 Å². The molecule has 0 saturated carbocycles. The molecule has 1 amide bonds. The number of hydrogen-bond donors (Lipinski definition) is 2. The molecule has 1 aromatic heterocycles. The summed E-state index contributed by atoms with van der Waals surface area (Å²) in [5.41, 5.74) is 3.11. The van der Waals surface area contributed by atoms with Crippen molar-refractivity contribution in [3.8, 4) is 5.69 Å². The predicted octanol–water partition coefficient (Wildman–Crippen LogP) is 3.07. The van der Waals surface area contributed by atoms with Crippen LogP contribution in [-0.4, -0.2) is 34.6 Å². The highest BCUT2D eigenvalue weighted by atomic mass is 16.1. The Morgan fingerprint density at radius 2 is 1.96 bits per heavy atom. The second-order valence-corrected chi connectivity index (χ2v) is 7.33. The van der Waals surface area contributed by atoms with E-state index in [1.807, 2.05) is 36.4 Å². The largest absolute Gasteiger partial charge is 0.353 e. The number of fused-ring (bicyclic) bond motifs is 1. The number of benzene rings is 2. The van der Waals surface area contributed by atoms with Crippen LogP contribution in [0.2, 0.25) is 0 Å². The quantitative estimate of drug-likeness (QED) is 0.733. The second kappa shape index (κ2) is 7.92. The van der Waals surface area contributed by atoms with Crippen molar-refractivity contribution < 1.29 is 4.79 Å². The third kappa shape index (κ3) is 3.88. The highest BCUT2D eigenvalue weighted by Gasteiger charge is 2.22. The summed E-state index contributed by atoms with van der Waals surface area (Å²) in [5, 5.41) is 6.59. The van der Waals surface area contributed by atoms with Crippen molar-refractivity contribution in [1.82, 2.24) is 20.2 Å². The number of carbonyl (C=O) groups is 1. The van der Waals surface area contributed by atoms with Gasteiger partial charge < -0.3 is 10.6 Å². The number of rotatable bonds is 5. The Hall–Kier alpha value is -2.66. The van der Waals surface area contributed by atoms with Crippen LogP contribution >= 0.6 is 0 Å². The Morgan fingerprint density at radius 3 is 2.78 bits per heavy atom. The topological polar surface area (TPSA) is 58.9 Å². The first kappa shape index (κ1) is 17.7. The van der Waals surface area contributed by atoms with Gasteiger partial charge in [0.1, 0.15) is 5.82 Å². The number of hydrogen-bond acceptors (Lipinski definition) is 3. The number of carbonyl (C=O) groups excluding carboxylic acids is 1. The number of piperidine rings is 1. The molecule has 2 aromatic carbocycles. The van der Waals surface area contributed by atoms with Gasteiger partial charge in [0, 0.05) is 24.6 Å². The SMILES string of the molecule is CC1CNCCC1NC(=O)CCc1nc2ccccc2n1-c1ccccc1. The molecule has 2 unspecified atom stereocenters. The van der Waals surface area contributed by atoms with Crippen LogP contribution in [0, 0.1) is 5.92 Å². The average molecular weight is 362 g/mol. The maximum Gasteiger partial charge on any atom is 0.220 e. The molecular weight excluding hydrogens is 336 g/mol. The van der Waals surface area contributed by atoms with Gasteiger partial charge in [0.25, 0.3) is 0 Å². The Morgan fingerprint density at radius 1 is 1.19 bits per heavy atom. The second-order valence-electron chi connectivity index (χ2n) is 7.33. The van der Waals surface area contributed by atoms with Crippen molar-refractivity contribution in [3.63, 3.8) is 0 Å². The standard InChI is InChI=1S/C22H26N4O/c1-16-15-23-14-13-18(16)25-22(27)12-11-21-24-19-9-5-6-10-20(19)26(21)17-7-3-2-4-8-17/h2-10,16,18,23H,11-15H2,1H3,(H,25,27). The summed E-state index contributed by atoms with van der Waals surface area (Å²) in [6.45, 7) is 4.12. The molecule has 2 N–H and O–H groups in total. The number of para-hydroxylation sites is 3. The molecule has 1 aliphatic heterocycles. The molecule has 5 nitrogen and oxygen atoms in total. The van der Waals surface area contributed by atoms with Crippen LogP contribution in [0.15, 0.2) is 54.6 Å². The first-order valence-electron chi connectivity index (χ1n) is 9.74. The molecular formula is C22H26N4O. The van der Waals surface area contributed by atoms with Crippen LogP contribution in [0.3, 0.4) is 0 Å². The Labute approximate surface area is 159 Å². The number of nitrogens with one attached hydrogen (secondary N) is 2. The molecule has 1 aliphatic rings. The van der Waals surface area contributed by atoms with E-state index in [1.54, 1.807) is 0 Å². The molecule has 0 aliphatic carbocycles. The molecule has 1 fully saturated rings. The van der Waals surface area contributed by atoms with Gasteiger partial charge in [0.2, 0.25) is 5.91 Å². The molecule has 27 heavy (non-hydrogen) atoms. The fourth-order valence-corrected chi connectivity index (χ4v) is 3.84. The first-order valence-corrected chi connectivity index (χ1v) is 9.74. The normalized spacial score (nSPS) is 19.9. The van der Waals surface area contributed by atoms with Gasteiger partial charge in [-0.2, -0.15) is 0 Å². The van der Waals surface area contributed by atoms with Crippen LogP contribution in [0.4, 0.5) is 0 Å². The fourth-order valence-electron chi connectivity index (χ4n) is 3.84. The van der Waals surface area contributed by atoms with E-state index in [1.165, 1.54) is 0 Å². The summed E-state index contributed by atoms with van der Waals surface area (Å²) in [6.07, 6.45) is 2.07. The van der Waals surface area contributed by atoms with Crippen molar-refractivity contribution in [3.05, 3.63) is 60.4 Å². The van der Waals surface area contributed by atoms with Gasteiger partial charge in [0.05, 0.1) is 11.0 Å². The van der Waals surface area contributed by atoms with Gasteiger partial charge in [-0.05, 0) is 49.7 Å². The van der Waals surface area contributed by atoms with E-state index in [2.05, 4.69) is 40.3 Å². The monoisotopic (exact) mass is 362 g/mol. The minimum absolute atomic E-state index is 0.111.